The zero-order valence-electron chi connectivity index (χ0n) is 21.6. The van der Waals surface area contributed by atoms with Gasteiger partial charge in [-0.1, -0.05) is 35.3 Å². The number of halogens is 2. The molecule has 8 nitrogen and oxygen atoms in total. The summed E-state index contributed by atoms with van der Waals surface area (Å²) >= 11 is 3.42. The van der Waals surface area contributed by atoms with E-state index in [9.17, 15) is 14.0 Å². The van der Waals surface area contributed by atoms with Gasteiger partial charge in [0.15, 0.2) is 18.1 Å². The Morgan fingerprint density at radius 1 is 1.10 bits per heavy atom. The van der Waals surface area contributed by atoms with Gasteiger partial charge in [-0.3, -0.25) is 9.59 Å². The Morgan fingerprint density at radius 3 is 2.72 bits per heavy atom. The quantitative estimate of drug-likeness (QED) is 0.217. The maximum absolute atomic E-state index is 13.4. The third-order valence-electron chi connectivity index (χ3n) is 5.69. The predicted molar refractivity (Wildman–Crippen MR) is 153 cm³/mol. The van der Waals surface area contributed by atoms with Crippen molar-refractivity contribution >= 4 is 44.6 Å². The lowest BCUT2D eigenvalue weighted by Crippen LogP contribution is -2.22. The number of anilines is 1. The van der Waals surface area contributed by atoms with Crippen molar-refractivity contribution in [3.8, 4) is 11.5 Å². The number of unbranched alkanes of at least 4 members (excludes halogenated alkanes) is 1. The summed E-state index contributed by atoms with van der Waals surface area (Å²) in [6, 6.07) is 16.1. The van der Waals surface area contributed by atoms with Crippen molar-refractivity contribution in [1.82, 2.24) is 9.66 Å². The summed E-state index contributed by atoms with van der Waals surface area (Å²) in [5.41, 5.74) is 1.38. The van der Waals surface area contributed by atoms with Crippen molar-refractivity contribution in [2.75, 3.05) is 18.5 Å². The first-order chi connectivity index (χ1) is 18.9. The second-order valence-electron chi connectivity index (χ2n) is 8.64. The Hall–Kier alpha value is -4.05. The molecule has 1 heterocycles. The summed E-state index contributed by atoms with van der Waals surface area (Å²) < 4.78 is 26.9. The molecule has 0 atom stereocenters. The van der Waals surface area contributed by atoms with Gasteiger partial charge in [0.1, 0.15) is 11.6 Å². The van der Waals surface area contributed by atoms with Crippen LogP contribution < -0.4 is 20.3 Å². The first kappa shape index (κ1) is 28.0. The molecular weight excluding hydrogens is 567 g/mol. The molecule has 0 aliphatic carbocycles. The number of hydrogen-bond donors (Lipinski definition) is 1. The molecule has 0 spiro atoms. The molecule has 0 radical (unpaired) electrons. The number of benzene rings is 3. The van der Waals surface area contributed by atoms with E-state index in [-0.39, 0.29) is 12.2 Å². The van der Waals surface area contributed by atoms with Gasteiger partial charge in [0.05, 0.1) is 23.7 Å². The normalized spacial score (nSPS) is 11.2. The molecule has 4 aromatic rings. The Bertz CT molecular complexity index is 1570. The molecule has 0 saturated heterocycles. The standard InChI is InChI=1S/C29H28BrFN4O4/c1-3-5-9-27-34-24-12-11-20(30)15-23(24)29(37)35(27)32-17-19-10-13-25(26(14-19)38-4-2)39-18-28(36)33-22-8-6-7-21(31)16-22/h6-8,10-17H,3-5,9,18H2,1-2H3,(H,33,36). The van der Waals surface area contributed by atoms with E-state index in [0.29, 0.717) is 52.5 Å². The minimum Gasteiger partial charge on any atom is -0.490 e. The molecule has 0 aliphatic rings. The van der Waals surface area contributed by atoms with Gasteiger partial charge in [-0.15, -0.1) is 0 Å². The summed E-state index contributed by atoms with van der Waals surface area (Å²) in [5.74, 6) is 0.475. The average molecular weight is 595 g/mol. The minimum atomic E-state index is -0.448. The molecule has 0 bridgehead atoms. The number of fused-ring (bicyclic) bond motifs is 1. The fourth-order valence-electron chi connectivity index (χ4n) is 3.83. The second kappa shape index (κ2) is 13.1. The lowest BCUT2D eigenvalue weighted by molar-refractivity contribution is -0.118. The smallest absolute Gasteiger partial charge is 0.282 e. The van der Waals surface area contributed by atoms with Crippen molar-refractivity contribution in [2.45, 2.75) is 33.1 Å². The van der Waals surface area contributed by atoms with Crippen molar-refractivity contribution in [2.24, 2.45) is 5.10 Å². The summed E-state index contributed by atoms with van der Waals surface area (Å²) in [6.07, 6.45) is 4.00. The predicted octanol–water partition coefficient (Wildman–Crippen LogP) is 5.94. The number of aryl methyl sites for hydroxylation is 1. The molecule has 0 unspecified atom stereocenters. The molecule has 0 fully saturated rings. The lowest BCUT2D eigenvalue weighted by Gasteiger charge is -2.13. The highest BCUT2D eigenvalue weighted by molar-refractivity contribution is 9.10. The van der Waals surface area contributed by atoms with E-state index in [4.69, 9.17) is 9.47 Å². The molecule has 0 aliphatic heterocycles. The Balaban J connectivity index is 1.56. The molecule has 1 N–H and O–H groups in total. The third-order valence-corrected chi connectivity index (χ3v) is 6.18. The number of rotatable bonds is 11. The van der Waals surface area contributed by atoms with Crippen molar-refractivity contribution in [1.29, 1.82) is 0 Å². The minimum absolute atomic E-state index is 0.252. The molecule has 39 heavy (non-hydrogen) atoms. The van der Waals surface area contributed by atoms with Gasteiger partial charge in [-0.25, -0.2) is 9.37 Å². The van der Waals surface area contributed by atoms with Gasteiger partial charge in [0, 0.05) is 16.6 Å². The van der Waals surface area contributed by atoms with Gasteiger partial charge in [0.25, 0.3) is 11.5 Å². The molecule has 10 heteroatoms. The van der Waals surface area contributed by atoms with Crippen LogP contribution in [0.4, 0.5) is 10.1 Å². The number of nitrogens with one attached hydrogen (secondary N) is 1. The van der Waals surface area contributed by atoms with E-state index >= 15 is 0 Å². The van der Waals surface area contributed by atoms with Crippen LogP contribution in [0.1, 0.15) is 38.1 Å². The Kier molecular flexibility index (Phi) is 9.43. The Labute approximate surface area is 233 Å². The van der Waals surface area contributed by atoms with Crippen LogP contribution in [0.3, 0.4) is 0 Å². The van der Waals surface area contributed by atoms with Crippen LogP contribution in [0, 0.1) is 5.82 Å². The molecule has 0 saturated carbocycles. The van der Waals surface area contributed by atoms with Gasteiger partial charge in [-0.2, -0.15) is 9.78 Å². The Morgan fingerprint density at radius 2 is 1.95 bits per heavy atom. The largest absolute Gasteiger partial charge is 0.490 e. The number of carbonyl (C=O) groups is 1. The van der Waals surface area contributed by atoms with Crippen LogP contribution in [-0.2, 0) is 11.2 Å². The number of carbonyl (C=O) groups excluding carboxylic acids is 1. The zero-order chi connectivity index (χ0) is 27.8. The third kappa shape index (κ3) is 7.29. The maximum Gasteiger partial charge on any atom is 0.282 e. The van der Waals surface area contributed by atoms with Crippen LogP contribution in [0.15, 0.2) is 75.0 Å². The van der Waals surface area contributed by atoms with Crippen LogP contribution in [0.5, 0.6) is 11.5 Å². The SMILES string of the molecule is CCCCc1nc2ccc(Br)cc2c(=O)n1N=Cc1ccc(OCC(=O)Nc2cccc(F)c2)c(OCC)c1. The molecule has 1 aromatic heterocycles. The van der Waals surface area contributed by atoms with E-state index in [1.165, 1.54) is 22.9 Å². The maximum atomic E-state index is 13.4. The van der Waals surface area contributed by atoms with E-state index in [1.54, 1.807) is 36.5 Å². The van der Waals surface area contributed by atoms with Gasteiger partial charge >= 0.3 is 0 Å². The van der Waals surface area contributed by atoms with E-state index in [0.717, 1.165) is 17.3 Å². The number of nitrogens with zero attached hydrogens (tertiary/aromatic N) is 3. The molecule has 3 aromatic carbocycles. The van der Waals surface area contributed by atoms with E-state index in [1.807, 2.05) is 19.1 Å². The number of amides is 1. The summed E-state index contributed by atoms with van der Waals surface area (Å²) in [4.78, 5) is 30.3. The number of hydrogen-bond acceptors (Lipinski definition) is 6. The fraction of sp³-hybridized carbons (Fsp3) is 0.241. The van der Waals surface area contributed by atoms with E-state index in [2.05, 4.69) is 38.3 Å². The molecule has 4 rings (SSSR count). The summed E-state index contributed by atoms with van der Waals surface area (Å²) in [5, 5.41) is 7.54. The van der Waals surface area contributed by atoms with Crippen LogP contribution >= 0.6 is 15.9 Å². The summed E-state index contributed by atoms with van der Waals surface area (Å²) in [6.45, 7) is 3.99. The van der Waals surface area contributed by atoms with Gasteiger partial charge < -0.3 is 14.8 Å². The first-order valence-electron chi connectivity index (χ1n) is 12.6. The van der Waals surface area contributed by atoms with Gasteiger partial charge in [-0.05, 0) is 73.5 Å². The van der Waals surface area contributed by atoms with E-state index < -0.39 is 11.7 Å². The van der Waals surface area contributed by atoms with Gasteiger partial charge in [0.2, 0.25) is 0 Å². The molecule has 202 valence electrons. The highest BCUT2D eigenvalue weighted by Crippen LogP contribution is 2.28. The first-order valence-corrected chi connectivity index (χ1v) is 13.4. The highest BCUT2D eigenvalue weighted by atomic mass is 79.9. The zero-order valence-corrected chi connectivity index (χ0v) is 23.2. The lowest BCUT2D eigenvalue weighted by atomic mass is 10.2. The number of ether oxygens (including phenoxy) is 2. The van der Waals surface area contributed by atoms with Crippen LogP contribution in [-0.4, -0.2) is 35.0 Å². The van der Waals surface area contributed by atoms with Crippen molar-refractivity contribution in [3.05, 3.63) is 92.7 Å². The summed E-state index contributed by atoms with van der Waals surface area (Å²) in [7, 11) is 0. The highest BCUT2D eigenvalue weighted by Gasteiger charge is 2.12. The van der Waals surface area contributed by atoms with Crippen LogP contribution in [0.2, 0.25) is 0 Å². The monoisotopic (exact) mass is 594 g/mol. The van der Waals surface area contributed by atoms with Crippen LogP contribution in [0.25, 0.3) is 10.9 Å². The van der Waals surface area contributed by atoms with Crippen molar-refractivity contribution < 1.29 is 18.7 Å². The molecule has 1 amide bonds. The average Bonchev–Trinajstić information content (AvgIpc) is 2.91. The van der Waals surface area contributed by atoms with Crippen molar-refractivity contribution in [3.63, 3.8) is 0 Å². The molecular formula is C29H28BrFN4O4. The topological polar surface area (TPSA) is 94.8 Å². The second-order valence-corrected chi connectivity index (χ2v) is 9.56. The number of aromatic nitrogens is 2. The fourth-order valence-corrected chi connectivity index (χ4v) is 4.20.